The van der Waals surface area contributed by atoms with Gasteiger partial charge in [-0.3, -0.25) is 0 Å². The summed E-state index contributed by atoms with van der Waals surface area (Å²) in [6, 6.07) is 0. The van der Waals surface area contributed by atoms with E-state index in [9.17, 15) is 0 Å². The average Bonchev–Trinajstić information content (AvgIpc) is 2.12. The molecule has 0 fully saturated rings. The molecule has 0 spiro atoms. The maximum atomic E-state index is 9.07. The first-order valence-electron chi connectivity index (χ1n) is 5.40. The van der Waals surface area contributed by atoms with E-state index in [-0.39, 0.29) is 6.10 Å². The summed E-state index contributed by atoms with van der Waals surface area (Å²) in [5, 5.41) is 9.07. The molecular formula is C13H20O. The lowest BCUT2D eigenvalue weighted by atomic mass is 9.99. The van der Waals surface area contributed by atoms with E-state index in [4.69, 9.17) is 5.11 Å². The van der Waals surface area contributed by atoms with Crippen molar-refractivity contribution in [3.63, 3.8) is 0 Å². The van der Waals surface area contributed by atoms with Crippen molar-refractivity contribution in [1.82, 2.24) is 0 Å². The Morgan fingerprint density at radius 3 is 3.00 bits per heavy atom. The predicted molar refractivity (Wildman–Crippen MR) is 61.1 cm³/mol. The molecule has 1 aliphatic carbocycles. The zero-order valence-electron chi connectivity index (χ0n) is 9.16. The molecule has 0 saturated heterocycles. The minimum atomic E-state index is -0.179. The van der Waals surface area contributed by atoms with Gasteiger partial charge in [0, 0.05) is 0 Å². The van der Waals surface area contributed by atoms with Crippen molar-refractivity contribution in [3.8, 4) is 0 Å². The standard InChI is InChI=1S/C13H20O/c1-11-6-5-9-13(10-11)8-4-3-7-12(2)14/h4,6,8,10,12,14H,3,5,7,9H2,1-2H3/b8-4+. The Bertz CT molecular complexity index is 256. The third kappa shape index (κ3) is 4.43. The molecule has 1 aliphatic rings. The Morgan fingerprint density at radius 2 is 2.36 bits per heavy atom. The molecule has 1 unspecified atom stereocenters. The summed E-state index contributed by atoms with van der Waals surface area (Å²) in [6.07, 6.45) is 12.8. The Kier molecular flexibility index (Phi) is 4.68. The quantitative estimate of drug-likeness (QED) is 0.724. The molecule has 0 radical (unpaired) electrons. The molecule has 1 nitrogen and oxygen atoms in total. The van der Waals surface area contributed by atoms with E-state index in [0.29, 0.717) is 0 Å². The van der Waals surface area contributed by atoms with Crippen LogP contribution in [0.5, 0.6) is 0 Å². The fraction of sp³-hybridized carbons (Fsp3) is 0.538. The summed E-state index contributed by atoms with van der Waals surface area (Å²) in [7, 11) is 0. The van der Waals surface area contributed by atoms with Crippen molar-refractivity contribution < 1.29 is 5.11 Å². The van der Waals surface area contributed by atoms with E-state index < -0.39 is 0 Å². The number of hydrogen-bond acceptors (Lipinski definition) is 1. The number of aliphatic hydroxyl groups is 1. The van der Waals surface area contributed by atoms with Crippen molar-refractivity contribution in [2.45, 2.75) is 45.6 Å². The van der Waals surface area contributed by atoms with Crippen LogP contribution in [0, 0.1) is 0 Å². The molecule has 0 heterocycles. The van der Waals surface area contributed by atoms with Gasteiger partial charge in [-0.25, -0.2) is 0 Å². The third-order valence-electron chi connectivity index (χ3n) is 2.40. The van der Waals surface area contributed by atoms with Crippen LogP contribution in [0.3, 0.4) is 0 Å². The second kappa shape index (κ2) is 5.82. The van der Waals surface area contributed by atoms with E-state index in [1.807, 2.05) is 6.92 Å². The Labute approximate surface area is 86.8 Å². The van der Waals surface area contributed by atoms with Gasteiger partial charge in [0.25, 0.3) is 0 Å². The number of rotatable bonds is 4. The predicted octanol–water partition coefficient (Wildman–Crippen LogP) is 3.37. The molecule has 0 amide bonds. The van der Waals surface area contributed by atoms with Crippen LogP contribution in [0.25, 0.3) is 0 Å². The molecule has 0 saturated carbocycles. The summed E-state index contributed by atoms with van der Waals surface area (Å²) >= 11 is 0. The summed E-state index contributed by atoms with van der Waals surface area (Å²) < 4.78 is 0. The van der Waals surface area contributed by atoms with E-state index in [1.54, 1.807) is 0 Å². The third-order valence-corrected chi connectivity index (χ3v) is 2.40. The fourth-order valence-electron chi connectivity index (χ4n) is 1.59. The normalized spacial score (nSPS) is 19.4. The minimum absolute atomic E-state index is 0.179. The second-order valence-corrected chi connectivity index (χ2v) is 4.03. The first-order chi connectivity index (χ1) is 6.68. The Balaban J connectivity index is 2.33. The summed E-state index contributed by atoms with van der Waals surface area (Å²) in [5.41, 5.74) is 2.78. The van der Waals surface area contributed by atoms with Gasteiger partial charge < -0.3 is 5.11 Å². The van der Waals surface area contributed by atoms with Crippen LogP contribution in [0.1, 0.15) is 39.5 Å². The van der Waals surface area contributed by atoms with Crippen molar-refractivity contribution in [1.29, 1.82) is 0 Å². The van der Waals surface area contributed by atoms with Crippen LogP contribution in [0.4, 0.5) is 0 Å². The van der Waals surface area contributed by atoms with Crippen molar-refractivity contribution >= 4 is 0 Å². The lowest BCUT2D eigenvalue weighted by Gasteiger charge is -2.07. The van der Waals surface area contributed by atoms with E-state index >= 15 is 0 Å². The molecule has 1 N–H and O–H groups in total. The van der Waals surface area contributed by atoms with Gasteiger partial charge in [0.15, 0.2) is 0 Å². The molecule has 0 aromatic rings. The van der Waals surface area contributed by atoms with E-state index in [1.165, 1.54) is 17.6 Å². The van der Waals surface area contributed by atoms with Crippen LogP contribution in [-0.4, -0.2) is 11.2 Å². The number of hydrogen-bond donors (Lipinski definition) is 1. The molecule has 0 aromatic heterocycles. The highest BCUT2D eigenvalue weighted by atomic mass is 16.3. The van der Waals surface area contributed by atoms with E-state index in [2.05, 4.69) is 31.2 Å². The molecule has 1 atom stereocenters. The zero-order valence-corrected chi connectivity index (χ0v) is 9.16. The second-order valence-electron chi connectivity index (χ2n) is 4.03. The highest BCUT2D eigenvalue weighted by molar-refractivity contribution is 5.32. The van der Waals surface area contributed by atoms with Crippen molar-refractivity contribution in [2.75, 3.05) is 0 Å². The van der Waals surface area contributed by atoms with Crippen molar-refractivity contribution in [3.05, 3.63) is 35.5 Å². The minimum Gasteiger partial charge on any atom is -0.393 e. The largest absolute Gasteiger partial charge is 0.393 e. The lowest BCUT2D eigenvalue weighted by Crippen LogP contribution is -1.97. The first-order valence-corrected chi connectivity index (χ1v) is 5.40. The summed E-state index contributed by atoms with van der Waals surface area (Å²) in [6.45, 7) is 3.98. The topological polar surface area (TPSA) is 20.2 Å². The molecule has 0 bridgehead atoms. The monoisotopic (exact) mass is 192 g/mol. The van der Waals surface area contributed by atoms with Gasteiger partial charge >= 0.3 is 0 Å². The fourth-order valence-corrected chi connectivity index (χ4v) is 1.59. The van der Waals surface area contributed by atoms with Crippen LogP contribution in [0.2, 0.25) is 0 Å². The molecule has 78 valence electrons. The van der Waals surface area contributed by atoms with E-state index in [0.717, 1.165) is 19.3 Å². The first kappa shape index (κ1) is 11.3. The van der Waals surface area contributed by atoms with Crippen LogP contribution < -0.4 is 0 Å². The average molecular weight is 192 g/mol. The Morgan fingerprint density at radius 1 is 1.57 bits per heavy atom. The van der Waals surface area contributed by atoms with Crippen molar-refractivity contribution in [2.24, 2.45) is 0 Å². The Hall–Kier alpha value is -0.820. The van der Waals surface area contributed by atoms with Gasteiger partial charge in [0.1, 0.15) is 0 Å². The highest BCUT2D eigenvalue weighted by Gasteiger charge is 1.98. The van der Waals surface area contributed by atoms with Gasteiger partial charge in [0.05, 0.1) is 6.10 Å². The van der Waals surface area contributed by atoms with Gasteiger partial charge in [-0.15, -0.1) is 0 Å². The highest BCUT2D eigenvalue weighted by Crippen LogP contribution is 2.18. The summed E-state index contributed by atoms with van der Waals surface area (Å²) in [5.74, 6) is 0. The molecule has 1 heteroatoms. The van der Waals surface area contributed by atoms with Crippen LogP contribution >= 0.6 is 0 Å². The maximum absolute atomic E-state index is 9.07. The van der Waals surface area contributed by atoms with Gasteiger partial charge in [-0.05, 0) is 45.1 Å². The maximum Gasteiger partial charge on any atom is 0.0515 e. The molecule has 1 rings (SSSR count). The smallest absolute Gasteiger partial charge is 0.0515 e. The molecule has 0 aliphatic heterocycles. The van der Waals surface area contributed by atoms with Crippen LogP contribution in [-0.2, 0) is 0 Å². The summed E-state index contributed by atoms with van der Waals surface area (Å²) in [4.78, 5) is 0. The zero-order chi connectivity index (χ0) is 10.4. The number of allylic oxidation sites excluding steroid dienone is 6. The van der Waals surface area contributed by atoms with Gasteiger partial charge in [0.2, 0.25) is 0 Å². The number of aliphatic hydroxyl groups excluding tert-OH is 1. The molecular weight excluding hydrogens is 172 g/mol. The van der Waals surface area contributed by atoms with Gasteiger partial charge in [-0.1, -0.05) is 29.9 Å². The van der Waals surface area contributed by atoms with Gasteiger partial charge in [-0.2, -0.15) is 0 Å². The lowest BCUT2D eigenvalue weighted by molar-refractivity contribution is 0.186. The van der Waals surface area contributed by atoms with Crippen LogP contribution in [0.15, 0.2) is 35.5 Å². The molecule has 14 heavy (non-hydrogen) atoms. The SMILES string of the molecule is CC1=CCCC(/C=C/CCC(C)O)=C1. The molecule has 0 aromatic carbocycles.